The van der Waals surface area contributed by atoms with E-state index >= 15 is 0 Å². The van der Waals surface area contributed by atoms with Crippen LogP contribution < -0.4 is 0 Å². The van der Waals surface area contributed by atoms with Crippen LogP contribution >= 0.6 is 0 Å². The minimum atomic E-state index is -0.192. The molecule has 4 aliphatic carbocycles. The van der Waals surface area contributed by atoms with Gasteiger partial charge in [0.05, 0.1) is 0 Å². The second-order valence-corrected chi connectivity index (χ2v) is 10.4. The number of hydrogen-bond acceptors (Lipinski definition) is 4. The van der Waals surface area contributed by atoms with Crippen LogP contribution in [0.5, 0.6) is 0 Å². The van der Waals surface area contributed by atoms with Gasteiger partial charge in [-0.15, -0.1) is 0 Å². The zero-order valence-corrected chi connectivity index (χ0v) is 17.3. The highest BCUT2D eigenvalue weighted by atomic mass is 16.5. The fourth-order valence-corrected chi connectivity index (χ4v) is 8.04. The van der Waals surface area contributed by atoms with Crippen molar-refractivity contribution in [1.29, 1.82) is 0 Å². The van der Waals surface area contributed by atoms with Crippen molar-refractivity contribution < 1.29 is 19.1 Å². The first-order valence-corrected chi connectivity index (χ1v) is 10.9. The van der Waals surface area contributed by atoms with Gasteiger partial charge in [0.1, 0.15) is 17.7 Å². The summed E-state index contributed by atoms with van der Waals surface area (Å²) in [4.78, 5) is 37.1. The molecule has 27 heavy (non-hydrogen) atoms. The van der Waals surface area contributed by atoms with Crippen LogP contribution in [0.15, 0.2) is 0 Å². The van der Waals surface area contributed by atoms with Crippen molar-refractivity contribution in [3.63, 3.8) is 0 Å². The van der Waals surface area contributed by atoms with Crippen molar-refractivity contribution in [1.82, 2.24) is 0 Å². The molecule has 0 saturated heterocycles. The molecule has 0 bridgehead atoms. The van der Waals surface area contributed by atoms with Gasteiger partial charge in [-0.25, -0.2) is 0 Å². The van der Waals surface area contributed by atoms with Crippen molar-refractivity contribution in [3.8, 4) is 0 Å². The topological polar surface area (TPSA) is 60.4 Å². The first-order chi connectivity index (χ1) is 12.7. The van der Waals surface area contributed by atoms with Gasteiger partial charge in [0, 0.05) is 25.2 Å². The molecule has 0 amide bonds. The highest BCUT2D eigenvalue weighted by Crippen LogP contribution is 2.66. The molecule has 0 aromatic rings. The molecule has 4 rings (SSSR count). The molecule has 0 aliphatic heterocycles. The minimum absolute atomic E-state index is 0.0228. The number of ether oxygens (including phenoxy) is 1. The summed E-state index contributed by atoms with van der Waals surface area (Å²) < 4.78 is 5.51. The lowest BCUT2D eigenvalue weighted by molar-refractivity contribution is -0.169. The molecule has 150 valence electrons. The van der Waals surface area contributed by atoms with Gasteiger partial charge >= 0.3 is 5.97 Å². The normalized spacial score (nSPS) is 49.0. The number of esters is 1. The van der Waals surface area contributed by atoms with E-state index < -0.39 is 0 Å². The highest BCUT2D eigenvalue weighted by molar-refractivity contribution is 5.87. The summed E-state index contributed by atoms with van der Waals surface area (Å²) in [5.74, 6) is 2.11. The molecular formula is C23H34O4. The predicted octanol–water partition coefficient (Wildman–Crippen LogP) is 4.35. The Hall–Kier alpha value is -1.19. The van der Waals surface area contributed by atoms with Gasteiger partial charge in [0.15, 0.2) is 0 Å². The lowest BCUT2D eigenvalue weighted by Gasteiger charge is -2.59. The average molecular weight is 375 g/mol. The summed E-state index contributed by atoms with van der Waals surface area (Å²) in [6, 6.07) is 0. The van der Waals surface area contributed by atoms with E-state index in [0.29, 0.717) is 30.0 Å². The van der Waals surface area contributed by atoms with Gasteiger partial charge in [0.25, 0.3) is 0 Å². The predicted molar refractivity (Wildman–Crippen MR) is 102 cm³/mol. The Morgan fingerprint density at radius 3 is 2.41 bits per heavy atom. The van der Waals surface area contributed by atoms with Crippen LogP contribution in [0.1, 0.15) is 79.1 Å². The molecule has 0 unspecified atom stereocenters. The quantitative estimate of drug-likeness (QED) is 0.675. The second-order valence-electron chi connectivity index (χ2n) is 10.4. The van der Waals surface area contributed by atoms with E-state index in [2.05, 4.69) is 13.8 Å². The fourth-order valence-electron chi connectivity index (χ4n) is 8.04. The lowest BCUT2D eigenvalue weighted by Crippen LogP contribution is -2.58. The molecule has 0 heterocycles. The zero-order chi connectivity index (χ0) is 19.6. The van der Waals surface area contributed by atoms with Crippen LogP contribution in [0, 0.1) is 40.4 Å². The molecular weight excluding hydrogens is 340 g/mol. The lowest BCUT2D eigenvalue weighted by atomic mass is 9.44. The first kappa shape index (κ1) is 19.1. The summed E-state index contributed by atoms with van der Waals surface area (Å²) in [5.41, 5.74) is -0.0888. The van der Waals surface area contributed by atoms with Crippen molar-refractivity contribution in [2.24, 2.45) is 40.4 Å². The number of carbonyl (C=O) groups is 3. The van der Waals surface area contributed by atoms with Gasteiger partial charge in [-0.05, 0) is 80.5 Å². The Balaban J connectivity index is 1.60. The Labute approximate surface area is 162 Å². The number of carbonyl (C=O) groups excluding carboxylic acids is 3. The summed E-state index contributed by atoms with van der Waals surface area (Å²) in [6.07, 6.45) is 7.64. The minimum Gasteiger partial charge on any atom is -0.463 e. The largest absolute Gasteiger partial charge is 0.463 e. The van der Waals surface area contributed by atoms with Crippen molar-refractivity contribution in [3.05, 3.63) is 0 Å². The van der Waals surface area contributed by atoms with Crippen LogP contribution in [-0.4, -0.2) is 23.6 Å². The third kappa shape index (κ3) is 2.81. The summed E-state index contributed by atoms with van der Waals surface area (Å²) in [7, 11) is 0. The first-order valence-electron chi connectivity index (χ1n) is 10.9. The Kier molecular flexibility index (Phi) is 4.55. The molecule has 4 aliphatic rings. The van der Waals surface area contributed by atoms with Crippen molar-refractivity contribution in [2.45, 2.75) is 85.2 Å². The standard InChI is InChI=1S/C23H34O4/c1-13(24)18-7-8-19-17-6-5-15-11-16(27-14(2)25)9-10-22(15,3)21(17)20(26)12-23(18,19)4/h15-19,21H,5-12H2,1-4H3/t15-,16+,17-,18-,19+,21-,22-,23+/m0/s1. The molecule has 4 heteroatoms. The van der Waals surface area contributed by atoms with Crippen LogP contribution in [0.3, 0.4) is 0 Å². The summed E-state index contributed by atoms with van der Waals surface area (Å²) in [6.45, 7) is 7.75. The zero-order valence-electron chi connectivity index (χ0n) is 17.3. The monoisotopic (exact) mass is 374 g/mol. The Morgan fingerprint density at radius 2 is 1.74 bits per heavy atom. The van der Waals surface area contributed by atoms with E-state index in [4.69, 9.17) is 4.74 Å². The number of rotatable bonds is 2. The van der Waals surface area contributed by atoms with Gasteiger partial charge < -0.3 is 4.74 Å². The Morgan fingerprint density at radius 1 is 1.00 bits per heavy atom. The molecule has 0 aromatic heterocycles. The number of hydrogen-bond donors (Lipinski definition) is 0. The van der Waals surface area contributed by atoms with Gasteiger partial charge in [-0.1, -0.05) is 13.8 Å². The summed E-state index contributed by atoms with van der Waals surface area (Å²) in [5, 5.41) is 0. The number of ketones is 2. The number of fused-ring (bicyclic) bond motifs is 5. The molecule has 8 atom stereocenters. The molecule has 0 aromatic carbocycles. The number of Topliss-reactive ketones (excluding diaryl/α,β-unsaturated/α-hetero) is 2. The Bertz CT molecular complexity index is 669. The van der Waals surface area contributed by atoms with Gasteiger partial charge in [-0.2, -0.15) is 0 Å². The average Bonchev–Trinajstić information content (AvgIpc) is 2.91. The van der Waals surface area contributed by atoms with E-state index in [1.165, 1.54) is 6.92 Å². The van der Waals surface area contributed by atoms with Gasteiger partial charge in [-0.3, -0.25) is 14.4 Å². The smallest absolute Gasteiger partial charge is 0.302 e. The van der Waals surface area contributed by atoms with Crippen LogP contribution in [0.4, 0.5) is 0 Å². The van der Waals surface area contributed by atoms with Crippen molar-refractivity contribution >= 4 is 17.5 Å². The maximum atomic E-state index is 13.5. The van der Waals surface area contributed by atoms with Crippen molar-refractivity contribution in [2.75, 3.05) is 0 Å². The maximum Gasteiger partial charge on any atom is 0.302 e. The summed E-state index contributed by atoms with van der Waals surface area (Å²) >= 11 is 0. The molecule has 4 saturated carbocycles. The van der Waals surface area contributed by atoms with E-state index in [0.717, 1.165) is 44.9 Å². The van der Waals surface area contributed by atoms with E-state index in [9.17, 15) is 14.4 Å². The fraction of sp³-hybridized carbons (Fsp3) is 0.870. The third-order valence-electron chi connectivity index (χ3n) is 9.12. The molecule has 0 radical (unpaired) electrons. The van der Waals surface area contributed by atoms with E-state index in [-0.39, 0.29) is 40.5 Å². The maximum absolute atomic E-state index is 13.5. The van der Waals surface area contributed by atoms with E-state index in [1.54, 1.807) is 6.92 Å². The molecule has 4 nitrogen and oxygen atoms in total. The SMILES string of the molecule is CC(=O)O[C@@H]1CC[C@@]2(C)[C@@H](CC[C@H]3[C@H]4CC[C@@H](C(C)=O)[C@@]4(C)CC(=O)[C@H]32)C1. The molecule has 0 spiro atoms. The third-order valence-corrected chi connectivity index (χ3v) is 9.12. The van der Waals surface area contributed by atoms with Gasteiger partial charge in [0.2, 0.25) is 0 Å². The second kappa shape index (κ2) is 6.42. The highest BCUT2D eigenvalue weighted by Gasteiger charge is 2.63. The van der Waals surface area contributed by atoms with Crippen LogP contribution in [0.25, 0.3) is 0 Å². The van der Waals surface area contributed by atoms with Crippen LogP contribution in [0.2, 0.25) is 0 Å². The molecule has 4 fully saturated rings. The van der Waals surface area contributed by atoms with Crippen LogP contribution in [-0.2, 0) is 19.1 Å². The molecule has 0 N–H and O–H groups in total. The van der Waals surface area contributed by atoms with E-state index in [1.807, 2.05) is 0 Å².